The second-order valence-electron chi connectivity index (χ2n) is 6.75. The average molecular weight is 315 g/mol. The van der Waals surface area contributed by atoms with Crippen molar-refractivity contribution in [1.29, 1.82) is 0 Å². The SMILES string of the molecule is CC(C)C[C@H](CC(=O)OC(C)(C)C)C(=O)NNCCC(N)=O. The molecule has 0 aliphatic carbocycles. The highest BCUT2D eigenvalue weighted by molar-refractivity contribution is 5.83. The van der Waals surface area contributed by atoms with Gasteiger partial charge in [-0.05, 0) is 33.1 Å². The van der Waals surface area contributed by atoms with Crippen molar-refractivity contribution in [1.82, 2.24) is 10.9 Å². The fraction of sp³-hybridized carbons (Fsp3) is 0.800. The summed E-state index contributed by atoms with van der Waals surface area (Å²) in [7, 11) is 0. The van der Waals surface area contributed by atoms with Crippen LogP contribution in [0.3, 0.4) is 0 Å². The van der Waals surface area contributed by atoms with Gasteiger partial charge in [-0.2, -0.15) is 0 Å². The van der Waals surface area contributed by atoms with Crippen molar-refractivity contribution >= 4 is 17.8 Å². The highest BCUT2D eigenvalue weighted by atomic mass is 16.6. The van der Waals surface area contributed by atoms with E-state index in [-0.39, 0.29) is 31.2 Å². The molecule has 0 saturated carbocycles. The molecule has 7 heteroatoms. The molecule has 0 bridgehead atoms. The number of nitrogens with one attached hydrogen (secondary N) is 2. The van der Waals surface area contributed by atoms with Gasteiger partial charge in [0.25, 0.3) is 0 Å². The van der Waals surface area contributed by atoms with E-state index in [4.69, 9.17) is 10.5 Å². The van der Waals surface area contributed by atoms with E-state index in [0.29, 0.717) is 6.42 Å². The highest BCUT2D eigenvalue weighted by Gasteiger charge is 2.26. The van der Waals surface area contributed by atoms with Crippen LogP contribution in [0.25, 0.3) is 0 Å². The van der Waals surface area contributed by atoms with E-state index in [9.17, 15) is 14.4 Å². The molecule has 2 amide bonds. The van der Waals surface area contributed by atoms with Crippen molar-refractivity contribution in [3.8, 4) is 0 Å². The Labute approximate surface area is 132 Å². The van der Waals surface area contributed by atoms with Crippen LogP contribution in [0, 0.1) is 11.8 Å². The van der Waals surface area contributed by atoms with Gasteiger partial charge >= 0.3 is 5.97 Å². The number of ether oxygens (including phenoxy) is 1. The number of amides is 2. The Kier molecular flexibility index (Phi) is 8.70. The molecule has 128 valence electrons. The number of esters is 1. The van der Waals surface area contributed by atoms with Crippen molar-refractivity contribution in [2.45, 2.75) is 59.5 Å². The molecule has 0 aromatic rings. The molecule has 0 aromatic heterocycles. The van der Waals surface area contributed by atoms with Gasteiger partial charge in [0.15, 0.2) is 0 Å². The van der Waals surface area contributed by atoms with E-state index in [1.807, 2.05) is 13.8 Å². The number of hydrogen-bond donors (Lipinski definition) is 3. The Morgan fingerprint density at radius 3 is 2.23 bits per heavy atom. The minimum absolute atomic E-state index is 0.0266. The molecule has 0 heterocycles. The summed E-state index contributed by atoms with van der Waals surface area (Å²) < 4.78 is 5.26. The lowest BCUT2D eigenvalue weighted by atomic mass is 9.93. The average Bonchev–Trinajstić information content (AvgIpc) is 2.30. The molecule has 0 saturated heterocycles. The lowest BCUT2D eigenvalue weighted by Crippen LogP contribution is -2.43. The summed E-state index contributed by atoms with van der Waals surface area (Å²) in [6, 6.07) is 0. The summed E-state index contributed by atoms with van der Waals surface area (Å²) in [5, 5.41) is 0. The molecule has 0 rings (SSSR count). The summed E-state index contributed by atoms with van der Waals surface area (Å²) in [4.78, 5) is 34.6. The van der Waals surface area contributed by atoms with Crippen LogP contribution >= 0.6 is 0 Å². The predicted octanol–water partition coefficient (Wildman–Crippen LogP) is 0.877. The van der Waals surface area contributed by atoms with Gasteiger partial charge in [-0.25, -0.2) is 5.43 Å². The van der Waals surface area contributed by atoms with Gasteiger partial charge in [-0.3, -0.25) is 19.8 Å². The molecule has 0 unspecified atom stereocenters. The van der Waals surface area contributed by atoms with E-state index in [0.717, 1.165) is 0 Å². The molecule has 0 radical (unpaired) electrons. The quantitative estimate of drug-likeness (QED) is 0.332. The molecule has 0 aliphatic heterocycles. The van der Waals surface area contributed by atoms with Gasteiger partial charge in [-0.15, -0.1) is 0 Å². The standard InChI is InChI=1S/C15H29N3O4/c1-10(2)8-11(9-13(20)22-15(3,4)5)14(21)18-17-7-6-12(16)19/h10-11,17H,6-9H2,1-5H3,(H2,16,19)(H,18,21)/t11-/m1/s1. The summed E-state index contributed by atoms with van der Waals surface area (Å²) in [5.74, 6) is -1.34. The first-order valence-corrected chi connectivity index (χ1v) is 7.54. The third kappa shape index (κ3) is 11.1. The highest BCUT2D eigenvalue weighted by Crippen LogP contribution is 2.18. The Bertz CT molecular complexity index is 389. The van der Waals surface area contributed by atoms with Crippen LogP contribution in [0.5, 0.6) is 0 Å². The van der Waals surface area contributed by atoms with E-state index in [1.165, 1.54) is 0 Å². The molecule has 1 atom stereocenters. The Hall–Kier alpha value is -1.63. The first kappa shape index (κ1) is 20.4. The first-order valence-electron chi connectivity index (χ1n) is 7.54. The summed E-state index contributed by atoms with van der Waals surface area (Å²) >= 11 is 0. The van der Waals surface area contributed by atoms with Crippen LogP contribution < -0.4 is 16.6 Å². The Morgan fingerprint density at radius 2 is 1.77 bits per heavy atom. The smallest absolute Gasteiger partial charge is 0.307 e. The van der Waals surface area contributed by atoms with Crippen LogP contribution in [0.4, 0.5) is 0 Å². The molecular formula is C15H29N3O4. The largest absolute Gasteiger partial charge is 0.460 e. The number of rotatable bonds is 9. The number of carbonyl (C=O) groups is 3. The second-order valence-corrected chi connectivity index (χ2v) is 6.75. The van der Waals surface area contributed by atoms with Gasteiger partial charge in [0.2, 0.25) is 11.8 Å². The van der Waals surface area contributed by atoms with Gasteiger partial charge in [0.1, 0.15) is 5.60 Å². The van der Waals surface area contributed by atoms with Gasteiger partial charge < -0.3 is 10.5 Å². The predicted molar refractivity (Wildman–Crippen MR) is 83.4 cm³/mol. The molecular weight excluding hydrogens is 286 g/mol. The van der Waals surface area contributed by atoms with E-state index in [2.05, 4.69) is 10.9 Å². The van der Waals surface area contributed by atoms with Crippen LogP contribution in [-0.4, -0.2) is 29.9 Å². The zero-order valence-corrected chi connectivity index (χ0v) is 14.2. The second kappa shape index (κ2) is 9.40. The number of hydrogen-bond acceptors (Lipinski definition) is 5. The van der Waals surface area contributed by atoms with Gasteiger partial charge in [-0.1, -0.05) is 13.8 Å². The first-order chi connectivity index (χ1) is 10.0. The minimum Gasteiger partial charge on any atom is -0.460 e. The minimum atomic E-state index is -0.574. The lowest BCUT2D eigenvalue weighted by Gasteiger charge is -2.23. The van der Waals surface area contributed by atoms with Crippen molar-refractivity contribution in [2.24, 2.45) is 17.6 Å². The topological polar surface area (TPSA) is 111 Å². The maximum atomic E-state index is 12.1. The molecule has 0 fully saturated rings. The van der Waals surface area contributed by atoms with Crippen LogP contribution in [0.1, 0.15) is 53.9 Å². The molecule has 4 N–H and O–H groups in total. The molecule has 0 aromatic carbocycles. The summed E-state index contributed by atoms with van der Waals surface area (Å²) in [6.07, 6.45) is 0.725. The zero-order valence-electron chi connectivity index (χ0n) is 14.2. The van der Waals surface area contributed by atoms with E-state index < -0.39 is 23.4 Å². The van der Waals surface area contributed by atoms with Crippen molar-refractivity contribution in [3.63, 3.8) is 0 Å². The van der Waals surface area contributed by atoms with Gasteiger partial charge in [0, 0.05) is 18.9 Å². The maximum absolute atomic E-state index is 12.1. The summed E-state index contributed by atoms with van der Waals surface area (Å²) in [6.45, 7) is 9.57. The zero-order chi connectivity index (χ0) is 17.3. The van der Waals surface area contributed by atoms with E-state index in [1.54, 1.807) is 20.8 Å². The number of carbonyl (C=O) groups excluding carboxylic acids is 3. The molecule has 0 spiro atoms. The van der Waals surface area contributed by atoms with Crippen molar-refractivity contribution in [2.75, 3.05) is 6.54 Å². The summed E-state index contributed by atoms with van der Waals surface area (Å²) in [5.41, 5.74) is 9.58. The number of hydrazine groups is 1. The van der Waals surface area contributed by atoms with Crippen LogP contribution in [0.15, 0.2) is 0 Å². The van der Waals surface area contributed by atoms with Gasteiger partial charge in [0.05, 0.1) is 6.42 Å². The molecule has 0 aliphatic rings. The molecule has 22 heavy (non-hydrogen) atoms. The van der Waals surface area contributed by atoms with Crippen molar-refractivity contribution in [3.05, 3.63) is 0 Å². The maximum Gasteiger partial charge on any atom is 0.307 e. The normalized spacial score (nSPS) is 12.8. The third-order valence-electron chi connectivity index (χ3n) is 2.67. The fourth-order valence-electron chi connectivity index (χ4n) is 1.87. The Morgan fingerprint density at radius 1 is 1.18 bits per heavy atom. The van der Waals surface area contributed by atoms with E-state index >= 15 is 0 Å². The number of nitrogens with two attached hydrogens (primary N) is 1. The molecule has 7 nitrogen and oxygen atoms in total. The lowest BCUT2D eigenvalue weighted by molar-refractivity contribution is -0.157. The van der Waals surface area contributed by atoms with Crippen LogP contribution in [-0.2, 0) is 19.1 Å². The van der Waals surface area contributed by atoms with Crippen molar-refractivity contribution < 1.29 is 19.1 Å². The Balaban J connectivity index is 4.46. The fourth-order valence-corrected chi connectivity index (χ4v) is 1.87. The van der Waals surface area contributed by atoms with Crippen LogP contribution in [0.2, 0.25) is 0 Å². The third-order valence-corrected chi connectivity index (χ3v) is 2.67. The monoisotopic (exact) mass is 315 g/mol. The number of primary amides is 1.